The average molecular weight is 198 g/mol. The maximum Gasteiger partial charge on any atom is 0.316 e. The largest absolute Gasteiger partial charge is 0.481 e. The Morgan fingerprint density at radius 3 is 2.62 bits per heavy atom. The highest BCUT2D eigenvalue weighted by Crippen LogP contribution is 2.11. The molecule has 0 radical (unpaired) electrons. The zero-order valence-electron chi connectivity index (χ0n) is 7.19. The second-order valence-corrected chi connectivity index (χ2v) is 4.07. The van der Waals surface area contributed by atoms with Crippen molar-refractivity contribution in [2.45, 2.75) is 11.8 Å². The molecule has 0 bridgehead atoms. The van der Waals surface area contributed by atoms with E-state index >= 15 is 0 Å². The third kappa shape index (κ3) is 2.66. The molecular formula is C9H10O3S. The Labute approximate surface area is 78.9 Å². The number of rotatable bonds is 3. The minimum absolute atomic E-state index is 0.329. The first kappa shape index (κ1) is 9.92. The van der Waals surface area contributed by atoms with Gasteiger partial charge in [-0.05, 0) is 18.6 Å². The van der Waals surface area contributed by atoms with Gasteiger partial charge in [0.1, 0.15) is 5.75 Å². The van der Waals surface area contributed by atoms with Crippen LogP contribution in [0.1, 0.15) is 5.56 Å². The van der Waals surface area contributed by atoms with E-state index in [0.29, 0.717) is 4.90 Å². The number of carbonyl (C=O) groups is 1. The number of benzene rings is 1. The summed E-state index contributed by atoms with van der Waals surface area (Å²) in [5.41, 5.74) is 0.863. The van der Waals surface area contributed by atoms with E-state index in [1.807, 2.05) is 19.1 Å². The first-order valence-corrected chi connectivity index (χ1v) is 5.09. The van der Waals surface area contributed by atoms with Gasteiger partial charge in [-0.15, -0.1) is 0 Å². The van der Waals surface area contributed by atoms with Gasteiger partial charge in [0.25, 0.3) is 0 Å². The maximum absolute atomic E-state index is 11.4. The fraction of sp³-hybridized carbons (Fsp3) is 0.222. The number of aryl methyl sites for hydroxylation is 1. The van der Waals surface area contributed by atoms with Crippen LogP contribution in [0.4, 0.5) is 0 Å². The van der Waals surface area contributed by atoms with E-state index in [-0.39, 0.29) is 5.75 Å². The monoisotopic (exact) mass is 198 g/mol. The van der Waals surface area contributed by atoms with E-state index in [0.717, 1.165) is 5.56 Å². The van der Waals surface area contributed by atoms with Crippen molar-refractivity contribution in [1.82, 2.24) is 0 Å². The van der Waals surface area contributed by atoms with E-state index in [4.69, 9.17) is 5.11 Å². The number of carboxylic acids is 1. The molecule has 1 aromatic rings. The normalized spacial score (nSPS) is 12.4. The Bertz CT molecular complexity index is 346. The molecule has 0 aliphatic heterocycles. The van der Waals surface area contributed by atoms with Crippen LogP contribution in [-0.4, -0.2) is 21.0 Å². The van der Waals surface area contributed by atoms with E-state index < -0.39 is 16.8 Å². The van der Waals surface area contributed by atoms with Crippen molar-refractivity contribution in [2.24, 2.45) is 0 Å². The Hall–Kier alpha value is -1.16. The lowest BCUT2D eigenvalue weighted by molar-refractivity contribution is -0.133. The van der Waals surface area contributed by atoms with Gasteiger partial charge in [0.15, 0.2) is 0 Å². The lowest BCUT2D eigenvalue weighted by atomic mass is 10.2. The molecule has 0 fully saturated rings. The van der Waals surface area contributed by atoms with Crippen LogP contribution >= 0.6 is 0 Å². The summed E-state index contributed by atoms with van der Waals surface area (Å²) in [7, 11) is -1.42. The highest BCUT2D eigenvalue weighted by atomic mass is 32.2. The molecule has 0 amide bonds. The smallest absolute Gasteiger partial charge is 0.316 e. The Balaban J connectivity index is 2.89. The standard InChI is InChI=1S/C9H10O3S/c1-7-4-2-3-5-8(7)13(12)6-9(10)11/h2-5H,6H2,1H3,(H,10,11). The van der Waals surface area contributed by atoms with E-state index in [2.05, 4.69) is 0 Å². The van der Waals surface area contributed by atoms with Crippen LogP contribution < -0.4 is 0 Å². The van der Waals surface area contributed by atoms with Crippen molar-refractivity contribution >= 4 is 16.8 Å². The van der Waals surface area contributed by atoms with Crippen LogP contribution in [0, 0.1) is 6.92 Å². The maximum atomic E-state index is 11.4. The number of aliphatic carboxylic acids is 1. The molecule has 4 heteroatoms. The number of hydrogen-bond acceptors (Lipinski definition) is 2. The van der Waals surface area contributed by atoms with E-state index in [1.54, 1.807) is 12.1 Å². The molecule has 1 unspecified atom stereocenters. The van der Waals surface area contributed by atoms with Gasteiger partial charge in [0.2, 0.25) is 0 Å². The van der Waals surface area contributed by atoms with Crippen molar-refractivity contribution in [3.63, 3.8) is 0 Å². The minimum Gasteiger partial charge on any atom is -0.481 e. The fourth-order valence-electron chi connectivity index (χ4n) is 1.00. The van der Waals surface area contributed by atoms with Crippen LogP contribution in [-0.2, 0) is 15.6 Å². The molecule has 0 aromatic heterocycles. The van der Waals surface area contributed by atoms with Gasteiger partial charge in [0.05, 0.1) is 10.8 Å². The van der Waals surface area contributed by atoms with Crippen molar-refractivity contribution in [3.05, 3.63) is 29.8 Å². The summed E-state index contributed by atoms with van der Waals surface area (Å²) in [6.45, 7) is 1.81. The van der Waals surface area contributed by atoms with Crippen LogP contribution in [0.3, 0.4) is 0 Å². The minimum atomic E-state index is -1.42. The van der Waals surface area contributed by atoms with Crippen LogP contribution in [0.2, 0.25) is 0 Å². The van der Waals surface area contributed by atoms with Gasteiger partial charge in [-0.1, -0.05) is 18.2 Å². The van der Waals surface area contributed by atoms with Crippen LogP contribution in [0.25, 0.3) is 0 Å². The first-order chi connectivity index (χ1) is 6.11. The molecule has 3 nitrogen and oxygen atoms in total. The number of hydrogen-bond donors (Lipinski definition) is 1. The molecule has 1 rings (SSSR count). The highest BCUT2D eigenvalue weighted by Gasteiger charge is 2.09. The fourth-order valence-corrected chi connectivity index (χ4v) is 2.04. The van der Waals surface area contributed by atoms with E-state index in [1.165, 1.54) is 0 Å². The third-order valence-corrected chi connectivity index (χ3v) is 3.05. The van der Waals surface area contributed by atoms with Gasteiger partial charge in [-0.3, -0.25) is 9.00 Å². The van der Waals surface area contributed by atoms with Gasteiger partial charge in [0, 0.05) is 4.90 Å². The van der Waals surface area contributed by atoms with Crippen molar-refractivity contribution < 1.29 is 14.1 Å². The van der Waals surface area contributed by atoms with Crippen molar-refractivity contribution in [3.8, 4) is 0 Å². The lowest BCUT2D eigenvalue weighted by Crippen LogP contribution is -2.09. The molecule has 1 N–H and O–H groups in total. The summed E-state index contributed by atoms with van der Waals surface area (Å²) in [5.74, 6) is -1.37. The summed E-state index contributed by atoms with van der Waals surface area (Å²) < 4.78 is 11.4. The molecule has 0 aliphatic carbocycles. The van der Waals surface area contributed by atoms with E-state index in [9.17, 15) is 9.00 Å². The molecule has 1 aromatic carbocycles. The van der Waals surface area contributed by atoms with Crippen molar-refractivity contribution in [1.29, 1.82) is 0 Å². The summed E-state index contributed by atoms with van der Waals surface area (Å²) in [5, 5.41) is 8.44. The summed E-state index contributed by atoms with van der Waals surface area (Å²) in [6.07, 6.45) is 0. The number of carboxylic acid groups (broad SMARTS) is 1. The first-order valence-electron chi connectivity index (χ1n) is 3.77. The molecule has 1 atom stereocenters. The molecule has 0 saturated heterocycles. The predicted molar refractivity (Wildman–Crippen MR) is 50.1 cm³/mol. The summed E-state index contributed by atoms with van der Waals surface area (Å²) >= 11 is 0. The van der Waals surface area contributed by atoms with Crippen molar-refractivity contribution in [2.75, 3.05) is 5.75 Å². The Morgan fingerprint density at radius 1 is 1.46 bits per heavy atom. The molecule has 0 heterocycles. The van der Waals surface area contributed by atoms with Gasteiger partial charge >= 0.3 is 5.97 Å². The molecule has 70 valence electrons. The Kier molecular flexibility index (Phi) is 3.19. The highest BCUT2D eigenvalue weighted by molar-refractivity contribution is 7.85. The molecule has 13 heavy (non-hydrogen) atoms. The average Bonchev–Trinajstić information content (AvgIpc) is 2.03. The summed E-state index contributed by atoms with van der Waals surface area (Å²) in [6, 6.07) is 7.09. The van der Waals surface area contributed by atoms with Gasteiger partial charge in [-0.2, -0.15) is 0 Å². The predicted octanol–water partition coefficient (Wildman–Crippen LogP) is 1.19. The van der Waals surface area contributed by atoms with Crippen LogP contribution in [0.15, 0.2) is 29.2 Å². The second kappa shape index (κ2) is 4.18. The van der Waals surface area contributed by atoms with Gasteiger partial charge < -0.3 is 5.11 Å². The zero-order valence-corrected chi connectivity index (χ0v) is 8.00. The zero-order chi connectivity index (χ0) is 9.84. The molecular weight excluding hydrogens is 188 g/mol. The molecule has 0 aliphatic rings. The second-order valence-electron chi connectivity index (χ2n) is 2.65. The molecule has 0 spiro atoms. The quantitative estimate of drug-likeness (QED) is 0.793. The van der Waals surface area contributed by atoms with Crippen LogP contribution in [0.5, 0.6) is 0 Å². The molecule has 0 saturated carbocycles. The lowest BCUT2D eigenvalue weighted by Gasteiger charge is -2.02. The third-order valence-electron chi connectivity index (χ3n) is 1.59. The SMILES string of the molecule is Cc1ccccc1S(=O)CC(=O)O. The van der Waals surface area contributed by atoms with Gasteiger partial charge in [-0.25, -0.2) is 0 Å². The Morgan fingerprint density at radius 2 is 2.08 bits per heavy atom. The topological polar surface area (TPSA) is 54.4 Å². The summed E-state index contributed by atoms with van der Waals surface area (Å²) in [4.78, 5) is 10.9.